The summed E-state index contributed by atoms with van der Waals surface area (Å²) in [5, 5.41) is 3.67. The second-order valence-electron chi connectivity index (χ2n) is 8.26. The Labute approximate surface area is 123 Å². The maximum absolute atomic E-state index is 4.89. The fraction of sp³-hybridized carbons (Fsp3) is 0.765. The Balaban J connectivity index is 2.42. The monoisotopic (exact) mass is 275 g/mol. The molecule has 0 spiro atoms. The number of hydrogen-bond acceptors (Lipinski definition) is 3. The zero-order valence-electron chi connectivity index (χ0n) is 14.0. The predicted molar refractivity (Wildman–Crippen MR) is 83.8 cm³/mol. The molecule has 1 N–H and O–H groups in total. The van der Waals surface area contributed by atoms with E-state index in [1.165, 1.54) is 11.3 Å². The topological polar surface area (TPSA) is 37.8 Å². The van der Waals surface area contributed by atoms with Crippen LogP contribution in [0.25, 0.3) is 0 Å². The van der Waals surface area contributed by atoms with Crippen molar-refractivity contribution < 1.29 is 0 Å². The van der Waals surface area contributed by atoms with Crippen molar-refractivity contribution in [3.8, 4) is 0 Å². The van der Waals surface area contributed by atoms with Crippen LogP contribution in [-0.4, -0.2) is 16.0 Å². The number of fused-ring (bicyclic) bond motifs is 1. The SMILES string of the molecule is CC(C)N[C@@H]1CC(C)(C)Cc2nc(C(C)(C)C)ncc21. The first-order chi connectivity index (χ1) is 9.08. The van der Waals surface area contributed by atoms with E-state index in [4.69, 9.17) is 4.98 Å². The van der Waals surface area contributed by atoms with E-state index in [0.717, 1.165) is 18.7 Å². The molecule has 0 amide bonds. The van der Waals surface area contributed by atoms with E-state index in [-0.39, 0.29) is 5.41 Å². The molecule has 0 bridgehead atoms. The highest BCUT2D eigenvalue weighted by Crippen LogP contribution is 2.40. The summed E-state index contributed by atoms with van der Waals surface area (Å²) in [6, 6.07) is 0.854. The Morgan fingerprint density at radius 2 is 1.95 bits per heavy atom. The summed E-state index contributed by atoms with van der Waals surface area (Å²) >= 11 is 0. The van der Waals surface area contributed by atoms with Gasteiger partial charge in [-0.1, -0.05) is 48.5 Å². The van der Waals surface area contributed by atoms with Gasteiger partial charge in [0.15, 0.2) is 0 Å². The molecule has 0 unspecified atom stereocenters. The summed E-state index contributed by atoms with van der Waals surface area (Å²) in [5.41, 5.74) is 2.84. The number of nitrogens with one attached hydrogen (secondary N) is 1. The quantitative estimate of drug-likeness (QED) is 0.892. The van der Waals surface area contributed by atoms with E-state index in [1.807, 2.05) is 0 Å². The van der Waals surface area contributed by atoms with Gasteiger partial charge >= 0.3 is 0 Å². The highest BCUT2D eigenvalue weighted by atomic mass is 15.0. The average molecular weight is 275 g/mol. The van der Waals surface area contributed by atoms with Gasteiger partial charge in [-0.05, 0) is 18.3 Å². The highest BCUT2D eigenvalue weighted by Gasteiger charge is 2.34. The molecule has 20 heavy (non-hydrogen) atoms. The first kappa shape index (κ1) is 15.4. The molecule has 0 aliphatic heterocycles. The normalized spacial score (nSPS) is 21.9. The Morgan fingerprint density at radius 3 is 2.50 bits per heavy atom. The lowest BCUT2D eigenvalue weighted by atomic mass is 9.74. The predicted octanol–water partition coefficient (Wildman–Crippen LogP) is 3.79. The largest absolute Gasteiger partial charge is 0.308 e. The lowest BCUT2D eigenvalue weighted by molar-refractivity contribution is 0.244. The molecule has 1 aromatic heterocycles. The summed E-state index contributed by atoms with van der Waals surface area (Å²) < 4.78 is 0. The Hall–Kier alpha value is -0.960. The van der Waals surface area contributed by atoms with E-state index in [0.29, 0.717) is 17.5 Å². The van der Waals surface area contributed by atoms with Gasteiger partial charge in [-0.15, -0.1) is 0 Å². The zero-order valence-corrected chi connectivity index (χ0v) is 14.0. The Bertz CT molecular complexity index is 483. The second-order valence-corrected chi connectivity index (χ2v) is 8.26. The molecule has 1 aliphatic carbocycles. The lowest BCUT2D eigenvalue weighted by Gasteiger charge is -2.38. The summed E-state index contributed by atoms with van der Waals surface area (Å²) in [4.78, 5) is 9.50. The molecule has 1 aliphatic rings. The molecular formula is C17H29N3. The molecule has 0 fully saturated rings. The van der Waals surface area contributed by atoms with Gasteiger partial charge in [0.2, 0.25) is 0 Å². The van der Waals surface area contributed by atoms with E-state index < -0.39 is 0 Å². The summed E-state index contributed by atoms with van der Waals surface area (Å²) in [6.45, 7) is 15.6. The lowest BCUT2D eigenvalue weighted by Crippen LogP contribution is -2.37. The number of nitrogens with zero attached hydrogens (tertiary/aromatic N) is 2. The summed E-state index contributed by atoms with van der Waals surface area (Å²) in [5.74, 6) is 0.956. The maximum atomic E-state index is 4.89. The fourth-order valence-corrected chi connectivity index (χ4v) is 2.96. The van der Waals surface area contributed by atoms with Crippen LogP contribution >= 0.6 is 0 Å². The second kappa shape index (κ2) is 5.10. The van der Waals surface area contributed by atoms with E-state index in [2.05, 4.69) is 65.0 Å². The first-order valence-electron chi connectivity index (χ1n) is 7.71. The van der Waals surface area contributed by atoms with Gasteiger partial charge in [-0.3, -0.25) is 0 Å². The standard InChI is InChI=1S/C17H29N3/c1-11(2)19-13-8-17(6,7)9-14-12(13)10-18-15(20-14)16(3,4)5/h10-11,13,19H,8-9H2,1-7H3/t13-/m1/s1. The van der Waals surface area contributed by atoms with Crippen molar-refractivity contribution in [3.63, 3.8) is 0 Å². The Kier molecular flexibility index (Phi) is 3.94. The van der Waals surface area contributed by atoms with Crippen molar-refractivity contribution in [1.29, 1.82) is 0 Å². The molecule has 0 radical (unpaired) electrons. The number of aromatic nitrogens is 2. The van der Waals surface area contributed by atoms with Gasteiger partial charge in [0.25, 0.3) is 0 Å². The minimum absolute atomic E-state index is 0.0115. The van der Waals surface area contributed by atoms with Crippen LogP contribution in [0.4, 0.5) is 0 Å². The van der Waals surface area contributed by atoms with Crippen molar-refractivity contribution >= 4 is 0 Å². The molecule has 0 saturated heterocycles. The molecule has 1 atom stereocenters. The molecule has 2 rings (SSSR count). The van der Waals surface area contributed by atoms with Crippen LogP contribution in [0.15, 0.2) is 6.20 Å². The molecule has 0 saturated carbocycles. The highest BCUT2D eigenvalue weighted by molar-refractivity contribution is 5.28. The third kappa shape index (κ3) is 3.38. The third-order valence-electron chi connectivity index (χ3n) is 3.88. The minimum Gasteiger partial charge on any atom is -0.308 e. The van der Waals surface area contributed by atoms with Gasteiger partial charge in [-0.2, -0.15) is 0 Å². The van der Waals surface area contributed by atoms with Gasteiger partial charge in [0, 0.05) is 35.0 Å². The summed E-state index contributed by atoms with van der Waals surface area (Å²) in [6.07, 6.45) is 4.25. The fourth-order valence-electron chi connectivity index (χ4n) is 2.96. The smallest absolute Gasteiger partial charge is 0.133 e. The van der Waals surface area contributed by atoms with Crippen LogP contribution in [0.1, 0.15) is 78.0 Å². The summed E-state index contributed by atoms with van der Waals surface area (Å²) in [7, 11) is 0. The molecule has 1 heterocycles. The minimum atomic E-state index is 0.0115. The molecule has 3 nitrogen and oxygen atoms in total. The van der Waals surface area contributed by atoms with Crippen molar-refractivity contribution in [2.24, 2.45) is 5.41 Å². The maximum Gasteiger partial charge on any atom is 0.133 e. The molecule has 3 heteroatoms. The van der Waals surface area contributed by atoms with Gasteiger partial charge < -0.3 is 5.32 Å². The molecule has 112 valence electrons. The molecule has 0 aromatic carbocycles. The van der Waals surface area contributed by atoms with Gasteiger partial charge in [0.05, 0.1) is 0 Å². The Morgan fingerprint density at radius 1 is 1.30 bits per heavy atom. The molecule has 1 aromatic rings. The first-order valence-corrected chi connectivity index (χ1v) is 7.71. The van der Waals surface area contributed by atoms with E-state index in [1.54, 1.807) is 0 Å². The van der Waals surface area contributed by atoms with Gasteiger partial charge in [-0.25, -0.2) is 9.97 Å². The van der Waals surface area contributed by atoms with Crippen LogP contribution in [0.3, 0.4) is 0 Å². The van der Waals surface area contributed by atoms with Crippen molar-refractivity contribution in [1.82, 2.24) is 15.3 Å². The van der Waals surface area contributed by atoms with Crippen LogP contribution in [0.2, 0.25) is 0 Å². The number of rotatable bonds is 2. The van der Waals surface area contributed by atoms with Crippen molar-refractivity contribution in [3.05, 3.63) is 23.3 Å². The van der Waals surface area contributed by atoms with Gasteiger partial charge in [0.1, 0.15) is 5.82 Å². The average Bonchev–Trinajstić information content (AvgIpc) is 2.24. The van der Waals surface area contributed by atoms with Crippen LogP contribution in [0.5, 0.6) is 0 Å². The third-order valence-corrected chi connectivity index (χ3v) is 3.88. The van der Waals surface area contributed by atoms with Crippen LogP contribution in [-0.2, 0) is 11.8 Å². The van der Waals surface area contributed by atoms with Crippen molar-refractivity contribution in [2.75, 3.05) is 0 Å². The van der Waals surface area contributed by atoms with Crippen LogP contribution < -0.4 is 5.32 Å². The molecular weight excluding hydrogens is 246 g/mol. The van der Waals surface area contributed by atoms with Crippen molar-refractivity contribution in [2.45, 2.75) is 78.8 Å². The number of hydrogen-bond donors (Lipinski definition) is 1. The zero-order chi connectivity index (χ0) is 15.1. The van der Waals surface area contributed by atoms with E-state index in [9.17, 15) is 0 Å². The van der Waals surface area contributed by atoms with Crippen LogP contribution in [0, 0.1) is 5.41 Å². The van der Waals surface area contributed by atoms with E-state index >= 15 is 0 Å².